The number of carbonyl (C=O) groups is 2. The fourth-order valence-corrected chi connectivity index (χ4v) is 3.47. The fraction of sp³-hybridized carbons (Fsp3) is 0.167. The van der Waals surface area contributed by atoms with Gasteiger partial charge in [0.2, 0.25) is 3.79 Å². The van der Waals surface area contributed by atoms with Gasteiger partial charge in [0, 0.05) is 30.3 Å². The molecule has 0 aromatic heterocycles. The maximum Gasteiger partial charge on any atom is 0.411 e. The molecule has 4 rings (SSSR count). The summed E-state index contributed by atoms with van der Waals surface area (Å²) < 4.78 is 28.2. The number of ether oxygens (including phenoxy) is 3. The Balaban J connectivity index is 1.58. The summed E-state index contributed by atoms with van der Waals surface area (Å²) in [5.74, 6) is 0.932. The Morgan fingerprint density at radius 3 is 2.29 bits per heavy atom. The van der Waals surface area contributed by atoms with Gasteiger partial charge in [-0.3, -0.25) is 10.1 Å². The van der Waals surface area contributed by atoms with Crippen LogP contribution in [0.2, 0.25) is 0 Å². The summed E-state index contributed by atoms with van der Waals surface area (Å²) in [7, 11) is 0. The zero-order valence-electron chi connectivity index (χ0n) is 17.9. The van der Waals surface area contributed by atoms with Crippen LogP contribution in [0, 0.1) is 5.82 Å². The minimum atomic E-state index is -1.76. The highest BCUT2D eigenvalue weighted by atomic mass is 35.6. The molecular formula is C24H18Cl3FN2O5. The molecule has 0 atom stereocenters. The zero-order chi connectivity index (χ0) is 25.0. The highest BCUT2D eigenvalue weighted by Crippen LogP contribution is 2.34. The zero-order valence-corrected chi connectivity index (χ0v) is 20.2. The molecule has 2 amide bonds. The van der Waals surface area contributed by atoms with Crippen molar-refractivity contribution in [1.82, 2.24) is 5.32 Å². The van der Waals surface area contributed by atoms with Gasteiger partial charge in [-0.15, -0.1) is 0 Å². The van der Waals surface area contributed by atoms with Gasteiger partial charge in [-0.2, -0.15) is 0 Å². The predicted octanol–water partition coefficient (Wildman–Crippen LogP) is 6.61. The number of nitrogens with one attached hydrogen (secondary N) is 2. The number of hydrogen-bond donors (Lipinski definition) is 2. The maximum atomic E-state index is 13.2. The van der Waals surface area contributed by atoms with E-state index in [9.17, 15) is 14.0 Å². The molecule has 0 saturated heterocycles. The first-order chi connectivity index (χ1) is 16.6. The van der Waals surface area contributed by atoms with Gasteiger partial charge in [0.1, 0.15) is 35.4 Å². The van der Waals surface area contributed by atoms with Crippen LogP contribution in [0.3, 0.4) is 0 Å². The predicted molar refractivity (Wildman–Crippen MR) is 131 cm³/mol. The van der Waals surface area contributed by atoms with Crippen molar-refractivity contribution in [3.63, 3.8) is 0 Å². The Morgan fingerprint density at radius 1 is 0.943 bits per heavy atom. The Kier molecular flexibility index (Phi) is 7.54. The molecule has 182 valence electrons. The molecule has 2 N–H and O–H groups in total. The van der Waals surface area contributed by atoms with E-state index in [2.05, 4.69) is 10.6 Å². The molecule has 3 aromatic carbocycles. The lowest BCUT2D eigenvalue weighted by Gasteiger charge is -2.18. The van der Waals surface area contributed by atoms with Crippen molar-refractivity contribution < 1.29 is 28.2 Å². The molecule has 3 aromatic rings. The first-order valence-electron chi connectivity index (χ1n) is 10.3. The van der Waals surface area contributed by atoms with Crippen LogP contribution in [-0.2, 0) is 11.2 Å². The van der Waals surface area contributed by atoms with E-state index >= 15 is 0 Å². The summed E-state index contributed by atoms with van der Waals surface area (Å²) in [6.45, 7) is 0.0853. The number of hydrogen-bond acceptors (Lipinski definition) is 5. The minimum absolute atomic E-state index is 0.132. The minimum Gasteiger partial charge on any atom is -0.457 e. The van der Waals surface area contributed by atoms with Gasteiger partial charge in [0.25, 0.3) is 5.91 Å². The van der Waals surface area contributed by atoms with E-state index in [0.29, 0.717) is 41.5 Å². The van der Waals surface area contributed by atoms with E-state index in [0.717, 1.165) is 5.56 Å². The van der Waals surface area contributed by atoms with Crippen molar-refractivity contribution in [3.8, 4) is 23.0 Å². The van der Waals surface area contributed by atoms with Gasteiger partial charge in [-0.25, -0.2) is 9.18 Å². The molecule has 1 aliphatic heterocycles. The molecular weight excluding hydrogens is 522 g/mol. The van der Waals surface area contributed by atoms with Crippen LogP contribution in [0.15, 0.2) is 60.7 Å². The monoisotopic (exact) mass is 538 g/mol. The maximum absolute atomic E-state index is 13.2. The van der Waals surface area contributed by atoms with E-state index < -0.39 is 22.3 Å². The summed E-state index contributed by atoms with van der Waals surface area (Å²) in [6.07, 6.45) is -0.186. The molecule has 0 saturated carbocycles. The number of benzene rings is 3. The summed E-state index contributed by atoms with van der Waals surface area (Å²) in [5, 5.41) is 5.31. The lowest BCUT2D eigenvalue weighted by Crippen LogP contribution is -2.31. The smallest absolute Gasteiger partial charge is 0.411 e. The summed E-state index contributed by atoms with van der Waals surface area (Å²) in [4.78, 5) is 24.1. The van der Waals surface area contributed by atoms with Crippen molar-refractivity contribution in [2.24, 2.45) is 0 Å². The number of fused-ring (bicyclic) bond motifs is 1. The molecule has 0 aliphatic carbocycles. The van der Waals surface area contributed by atoms with E-state index in [1.54, 1.807) is 30.3 Å². The molecule has 1 heterocycles. The number of amides is 2. The van der Waals surface area contributed by atoms with Gasteiger partial charge in [-0.1, -0.05) is 34.8 Å². The fourth-order valence-electron chi connectivity index (χ4n) is 3.31. The van der Waals surface area contributed by atoms with Gasteiger partial charge in [0.15, 0.2) is 0 Å². The third-order valence-electron chi connectivity index (χ3n) is 4.78. The van der Waals surface area contributed by atoms with Crippen molar-refractivity contribution >= 4 is 52.5 Å². The van der Waals surface area contributed by atoms with Gasteiger partial charge < -0.3 is 19.5 Å². The average Bonchev–Trinajstić information content (AvgIpc) is 2.79. The highest BCUT2D eigenvalue weighted by molar-refractivity contribution is 6.67. The Labute approximate surface area is 215 Å². The number of carbonyl (C=O) groups excluding carboxylic acids is 2. The summed E-state index contributed by atoms with van der Waals surface area (Å²) >= 11 is 16.8. The van der Waals surface area contributed by atoms with Gasteiger partial charge in [0.05, 0.1) is 5.69 Å². The Morgan fingerprint density at radius 2 is 1.60 bits per heavy atom. The first-order valence-corrected chi connectivity index (χ1v) is 11.5. The van der Waals surface area contributed by atoms with Crippen LogP contribution < -0.4 is 20.1 Å². The van der Waals surface area contributed by atoms with Crippen molar-refractivity contribution in [1.29, 1.82) is 0 Å². The van der Waals surface area contributed by atoms with Crippen molar-refractivity contribution in [2.75, 3.05) is 18.5 Å². The molecule has 0 bridgehead atoms. The SMILES string of the molecule is O=C(Nc1cc(Oc2ccc(F)cc2)cc(Oc2ccc3c(c2)CCNC3=O)c1)OCC(Cl)(Cl)Cl. The van der Waals surface area contributed by atoms with Crippen LogP contribution in [-0.4, -0.2) is 28.9 Å². The van der Waals surface area contributed by atoms with Gasteiger partial charge >= 0.3 is 6.09 Å². The van der Waals surface area contributed by atoms with Crippen LogP contribution >= 0.6 is 34.8 Å². The van der Waals surface area contributed by atoms with Crippen molar-refractivity contribution in [2.45, 2.75) is 10.2 Å². The second kappa shape index (κ2) is 10.6. The molecule has 7 nitrogen and oxygen atoms in total. The topological polar surface area (TPSA) is 85.9 Å². The molecule has 0 radical (unpaired) electrons. The number of halogens is 4. The quantitative estimate of drug-likeness (QED) is 0.344. The first kappa shape index (κ1) is 24.9. The molecule has 11 heteroatoms. The molecule has 35 heavy (non-hydrogen) atoms. The third-order valence-corrected chi connectivity index (χ3v) is 5.11. The standard InChI is InChI=1S/C24H18Cl3FN2O5/c25-24(26,27)13-33-23(32)30-16-10-19(34-17-3-1-15(28)2-4-17)12-20(11-16)35-18-5-6-21-14(9-18)7-8-29-22(21)31/h1-6,9-12H,7-8,13H2,(H,29,31)(H,30,32). The van der Waals surface area contributed by atoms with E-state index in [1.807, 2.05) is 0 Å². The van der Waals surface area contributed by atoms with E-state index in [-0.39, 0.29) is 11.6 Å². The second-order valence-corrected chi connectivity index (χ2v) is 10.0. The van der Waals surface area contributed by atoms with Crippen molar-refractivity contribution in [3.05, 3.63) is 77.6 Å². The highest BCUT2D eigenvalue weighted by Gasteiger charge is 2.22. The third kappa shape index (κ3) is 7.14. The summed E-state index contributed by atoms with van der Waals surface area (Å²) in [5.41, 5.74) is 1.72. The summed E-state index contributed by atoms with van der Waals surface area (Å²) in [6, 6.07) is 15.2. The van der Waals surface area contributed by atoms with Crippen LogP contribution in [0.1, 0.15) is 15.9 Å². The molecule has 0 spiro atoms. The Bertz CT molecular complexity index is 1250. The lowest BCUT2D eigenvalue weighted by atomic mass is 10.0. The second-order valence-electron chi connectivity index (χ2n) is 7.49. The number of rotatable bonds is 6. The number of anilines is 1. The van der Waals surface area contributed by atoms with E-state index in [1.165, 1.54) is 30.3 Å². The normalized spacial score (nSPS) is 12.9. The van der Waals surface area contributed by atoms with Gasteiger partial charge in [-0.05, 0) is 54.4 Å². The van der Waals surface area contributed by atoms with Crippen LogP contribution in [0.25, 0.3) is 0 Å². The van der Waals surface area contributed by atoms with Crippen LogP contribution in [0.5, 0.6) is 23.0 Å². The molecule has 0 fully saturated rings. The van der Waals surface area contributed by atoms with E-state index in [4.69, 9.17) is 49.0 Å². The lowest BCUT2D eigenvalue weighted by molar-refractivity contribution is 0.0946. The molecule has 1 aliphatic rings. The average molecular weight is 540 g/mol. The van der Waals surface area contributed by atoms with Crippen LogP contribution in [0.4, 0.5) is 14.9 Å². The molecule has 0 unspecified atom stereocenters. The largest absolute Gasteiger partial charge is 0.457 e. The number of alkyl halides is 3. The Hall–Kier alpha value is -3.20.